The number of hydrogen-bond acceptors (Lipinski definition) is 3. The summed E-state index contributed by atoms with van der Waals surface area (Å²) in [5, 5.41) is 8.69. The van der Waals surface area contributed by atoms with Gasteiger partial charge in [0.2, 0.25) is 10.0 Å². The molecule has 0 aliphatic heterocycles. The second-order valence-electron chi connectivity index (χ2n) is 4.18. The van der Waals surface area contributed by atoms with E-state index < -0.39 is 38.3 Å². The third-order valence-electron chi connectivity index (χ3n) is 2.61. The largest absolute Gasteiger partial charge is 0.248 e. The van der Waals surface area contributed by atoms with E-state index in [0.717, 1.165) is 4.31 Å². The van der Waals surface area contributed by atoms with Crippen LogP contribution in [0.1, 0.15) is 13.8 Å². The van der Waals surface area contributed by atoms with Crippen molar-refractivity contribution in [2.45, 2.75) is 18.7 Å². The van der Waals surface area contributed by atoms with E-state index in [1.807, 2.05) is 6.07 Å². The summed E-state index contributed by atoms with van der Waals surface area (Å²) < 4.78 is 65.1. The van der Waals surface area contributed by atoms with Gasteiger partial charge in [-0.2, -0.15) is 9.57 Å². The summed E-state index contributed by atoms with van der Waals surface area (Å²) in [7, 11) is -4.47. The van der Waals surface area contributed by atoms with E-state index in [-0.39, 0.29) is 13.1 Å². The molecule has 0 aromatic heterocycles. The summed E-state index contributed by atoms with van der Waals surface area (Å²) in [6.07, 6.45) is 0. The lowest BCUT2D eigenvalue weighted by Crippen LogP contribution is -2.35. The Bertz CT molecular complexity index is 618. The monoisotopic (exact) mass is 306 g/mol. The summed E-state index contributed by atoms with van der Waals surface area (Å²) in [5.41, 5.74) is 0. The first-order valence-corrected chi connectivity index (χ1v) is 7.22. The molecule has 0 saturated carbocycles. The zero-order valence-corrected chi connectivity index (χ0v) is 11.7. The van der Waals surface area contributed by atoms with Gasteiger partial charge in [0.25, 0.3) is 0 Å². The molecule has 0 saturated heterocycles. The van der Waals surface area contributed by atoms with Crippen LogP contribution in [-0.4, -0.2) is 25.8 Å². The average molecular weight is 306 g/mol. The van der Waals surface area contributed by atoms with Gasteiger partial charge in [-0.25, -0.2) is 21.6 Å². The molecule has 0 bridgehead atoms. The molecule has 0 aliphatic carbocycles. The molecule has 4 nitrogen and oxygen atoms in total. The van der Waals surface area contributed by atoms with Crippen LogP contribution in [0.3, 0.4) is 0 Å². The molecule has 1 atom stereocenters. The standard InChI is InChI=1S/C12H13F3N2O2S/c1-3-17(7-8(2)6-16)20(18,19)12-10(14)4-9(13)5-11(12)15/h4-5,8H,3,7H2,1-2H3. The lowest BCUT2D eigenvalue weighted by atomic mass is 10.2. The number of halogens is 3. The van der Waals surface area contributed by atoms with Crippen LogP contribution in [-0.2, 0) is 10.0 Å². The second-order valence-corrected chi connectivity index (χ2v) is 6.06. The number of sulfonamides is 1. The van der Waals surface area contributed by atoms with Crippen LogP contribution >= 0.6 is 0 Å². The summed E-state index contributed by atoms with van der Waals surface area (Å²) >= 11 is 0. The molecule has 0 fully saturated rings. The van der Waals surface area contributed by atoms with Crippen molar-refractivity contribution < 1.29 is 21.6 Å². The molecule has 0 radical (unpaired) electrons. The first kappa shape index (κ1) is 16.5. The Morgan fingerprint density at radius 2 is 1.80 bits per heavy atom. The third kappa shape index (κ3) is 3.29. The lowest BCUT2D eigenvalue weighted by molar-refractivity contribution is 0.391. The number of hydrogen-bond donors (Lipinski definition) is 0. The Balaban J connectivity index is 3.32. The van der Waals surface area contributed by atoms with Crippen molar-refractivity contribution in [3.63, 3.8) is 0 Å². The Hall–Kier alpha value is -1.59. The Kier molecular flexibility index (Phi) is 5.14. The van der Waals surface area contributed by atoms with E-state index in [2.05, 4.69) is 0 Å². The van der Waals surface area contributed by atoms with E-state index in [1.54, 1.807) is 0 Å². The van der Waals surface area contributed by atoms with Crippen molar-refractivity contribution in [3.05, 3.63) is 29.6 Å². The minimum absolute atomic E-state index is 0.0649. The van der Waals surface area contributed by atoms with Crippen LogP contribution < -0.4 is 0 Å². The number of benzene rings is 1. The highest BCUT2D eigenvalue weighted by atomic mass is 32.2. The van der Waals surface area contributed by atoms with E-state index in [4.69, 9.17) is 5.26 Å². The van der Waals surface area contributed by atoms with Crippen molar-refractivity contribution in [1.82, 2.24) is 4.31 Å². The third-order valence-corrected chi connectivity index (χ3v) is 4.60. The Morgan fingerprint density at radius 1 is 1.30 bits per heavy atom. The topological polar surface area (TPSA) is 61.2 Å². The second kappa shape index (κ2) is 6.24. The molecule has 1 aromatic carbocycles. The summed E-state index contributed by atoms with van der Waals surface area (Å²) in [6.45, 7) is 2.69. The molecule has 0 heterocycles. The molecule has 0 spiro atoms. The minimum Gasteiger partial charge on any atom is -0.207 e. The molecule has 1 rings (SSSR count). The van der Waals surface area contributed by atoms with Gasteiger partial charge in [-0.1, -0.05) is 6.92 Å². The lowest BCUT2D eigenvalue weighted by Gasteiger charge is -2.22. The maximum Gasteiger partial charge on any atom is 0.248 e. The molecule has 0 amide bonds. The molecule has 8 heteroatoms. The minimum atomic E-state index is -4.47. The summed E-state index contributed by atoms with van der Waals surface area (Å²) in [4.78, 5) is -1.20. The van der Waals surface area contributed by atoms with Crippen LogP contribution in [0.5, 0.6) is 0 Å². The van der Waals surface area contributed by atoms with Crippen LogP contribution in [0.15, 0.2) is 17.0 Å². The van der Waals surface area contributed by atoms with Crippen molar-refractivity contribution in [1.29, 1.82) is 5.26 Å². The number of nitriles is 1. The maximum absolute atomic E-state index is 13.6. The zero-order valence-electron chi connectivity index (χ0n) is 10.9. The predicted octanol–water partition coefficient (Wildman–Crippen LogP) is 2.27. The van der Waals surface area contributed by atoms with E-state index in [9.17, 15) is 21.6 Å². The normalized spacial score (nSPS) is 13.2. The van der Waals surface area contributed by atoms with Gasteiger partial charge in [-0.3, -0.25) is 0 Å². The van der Waals surface area contributed by atoms with Crippen molar-refractivity contribution in [2.24, 2.45) is 5.92 Å². The summed E-state index contributed by atoms with van der Waals surface area (Å²) in [6, 6.07) is 2.44. The summed E-state index contributed by atoms with van der Waals surface area (Å²) in [5.74, 6) is -4.83. The molecular formula is C12H13F3N2O2S. The van der Waals surface area contributed by atoms with Gasteiger partial charge < -0.3 is 0 Å². The highest BCUT2D eigenvalue weighted by Crippen LogP contribution is 2.24. The Morgan fingerprint density at radius 3 is 2.20 bits per heavy atom. The van der Waals surface area contributed by atoms with Gasteiger partial charge >= 0.3 is 0 Å². The molecule has 110 valence electrons. The van der Waals surface area contributed by atoms with Crippen LogP contribution in [0.4, 0.5) is 13.2 Å². The van der Waals surface area contributed by atoms with Gasteiger partial charge in [0.05, 0.1) is 12.0 Å². The highest BCUT2D eigenvalue weighted by molar-refractivity contribution is 7.89. The molecule has 1 unspecified atom stereocenters. The number of nitrogens with zero attached hydrogens (tertiary/aromatic N) is 2. The van der Waals surface area contributed by atoms with Crippen molar-refractivity contribution in [3.8, 4) is 6.07 Å². The highest BCUT2D eigenvalue weighted by Gasteiger charge is 2.31. The SMILES string of the molecule is CCN(CC(C)C#N)S(=O)(=O)c1c(F)cc(F)cc1F. The molecule has 20 heavy (non-hydrogen) atoms. The fourth-order valence-corrected chi connectivity index (χ4v) is 3.28. The van der Waals surface area contributed by atoms with Crippen LogP contribution in [0.2, 0.25) is 0 Å². The van der Waals surface area contributed by atoms with Crippen LogP contribution in [0, 0.1) is 34.7 Å². The first-order chi connectivity index (χ1) is 9.23. The fraction of sp³-hybridized carbons (Fsp3) is 0.417. The first-order valence-electron chi connectivity index (χ1n) is 5.78. The smallest absolute Gasteiger partial charge is 0.207 e. The predicted molar refractivity (Wildman–Crippen MR) is 65.5 cm³/mol. The maximum atomic E-state index is 13.6. The van der Waals surface area contributed by atoms with Gasteiger partial charge in [0.1, 0.15) is 17.5 Å². The van der Waals surface area contributed by atoms with E-state index >= 15 is 0 Å². The Labute approximate surface area is 115 Å². The fourth-order valence-electron chi connectivity index (χ4n) is 1.65. The van der Waals surface area contributed by atoms with Crippen molar-refractivity contribution >= 4 is 10.0 Å². The molecular weight excluding hydrogens is 293 g/mol. The molecule has 0 aliphatic rings. The zero-order chi connectivity index (χ0) is 15.5. The van der Waals surface area contributed by atoms with Gasteiger partial charge in [-0.05, 0) is 6.92 Å². The quantitative estimate of drug-likeness (QED) is 0.838. The van der Waals surface area contributed by atoms with Gasteiger partial charge in [0, 0.05) is 25.2 Å². The molecule has 0 N–H and O–H groups in total. The van der Waals surface area contributed by atoms with E-state index in [1.165, 1.54) is 13.8 Å². The van der Waals surface area contributed by atoms with Gasteiger partial charge in [0.15, 0.2) is 4.90 Å². The van der Waals surface area contributed by atoms with Crippen LogP contribution in [0.25, 0.3) is 0 Å². The number of rotatable bonds is 5. The molecule has 1 aromatic rings. The van der Waals surface area contributed by atoms with Crippen molar-refractivity contribution in [2.75, 3.05) is 13.1 Å². The van der Waals surface area contributed by atoms with E-state index in [0.29, 0.717) is 12.1 Å². The average Bonchev–Trinajstić information content (AvgIpc) is 2.33. The van der Waals surface area contributed by atoms with Gasteiger partial charge in [-0.15, -0.1) is 0 Å².